The molecule has 2 unspecified atom stereocenters. The van der Waals surface area contributed by atoms with Crippen molar-refractivity contribution in [2.75, 3.05) is 41.3 Å². The summed E-state index contributed by atoms with van der Waals surface area (Å²) >= 11 is 2.19. The number of hydrogen-bond donors (Lipinski definition) is 2. The molecule has 11 atom stereocenters. The lowest BCUT2D eigenvalue weighted by molar-refractivity contribution is -0.178. The van der Waals surface area contributed by atoms with Crippen LogP contribution in [0.1, 0.15) is 133 Å². The van der Waals surface area contributed by atoms with Crippen molar-refractivity contribution in [3.63, 3.8) is 0 Å². The van der Waals surface area contributed by atoms with Gasteiger partial charge in [-0.25, -0.2) is 4.79 Å². The van der Waals surface area contributed by atoms with Crippen molar-refractivity contribution in [2.24, 2.45) is 47.3 Å². The number of ether oxygens (including phenoxy) is 1. The van der Waals surface area contributed by atoms with Gasteiger partial charge in [-0.15, -0.1) is 0 Å². The highest BCUT2D eigenvalue weighted by molar-refractivity contribution is 14.1. The maximum Gasteiger partial charge on any atom is 0.332 e. The molecule has 2 aromatic rings. The summed E-state index contributed by atoms with van der Waals surface area (Å²) in [6.07, 6.45) is -0.336. The standard InChI is InChI=1S/C62H93IN6O11/c1-17-39(9)46-34-49(70)43-27-28-69(35-43)59(76)48(32-42-25-22-26-45(63)30-42)65(13)58(75)47(31-41-23-20-19-21-24-41)64-55(72)52(38(7)8)67(15)60(77)53(40(10)18-2)80-61(78)54(62(11,12)79)68(16)56(73)44(29-36(3)4)33-50(71)51(37(5)6)66(14)57(46)74/h19-26,30,36-40,43-44,46-48,51-54,79H,17-18,27-29,31-35H2,1-16H3,(H,64,72)/t39?,40?,43-,44-,46+,47+,48+,51+,52+,53-,54-/m1/s1. The maximum atomic E-state index is 15.3. The SMILES string of the molecule is CCC(C)[C@@H]1CC(=O)[C@@H]2CCN(C2)C(=O)[C@H](Cc2cccc(I)c2)N(C)C(=O)[C@H](Cc2ccccc2)NC(=O)[C@H](C(C)C)N(C)C(=O)[C@@H](C(C)CC)OC(=O)[C@H](C(C)(C)O)N(C)C(=O)[C@H](CC(C)C)CC(=O)[C@H](C(C)C)N(C)C1=O. The van der Waals surface area contributed by atoms with E-state index in [1.165, 1.54) is 49.7 Å². The molecule has 2 bridgehead atoms. The second-order valence-corrected chi connectivity index (χ2v) is 25.7. The van der Waals surface area contributed by atoms with Gasteiger partial charge in [0.05, 0.1) is 11.6 Å². The molecule has 2 aromatic carbocycles. The first kappa shape index (κ1) is 67.3. The fraction of sp³-hybridized carbons (Fsp3) is 0.661. The molecular weight excluding hydrogens is 1130 g/mol. The lowest BCUT2D eigenvalue weighted by Gasteiger charge is -2.39. The Morgan fingerprint density at radius 2 is 1.25 bits per heavy atom. The summed E-state index contributed by atoms with van der Waals surface area (Å²) in [4.78, 5) is 141. The predicted octanol–water partition coefficient (Wildman–Crippen LogP) is 7.02. The molecule has 80 heavy (non-hydrogen) atoms. The summed E-state index contributed by atoms with van der Waals surface area (Å²) in [5.41, 5.74) is -0.437. The number of nitrogens with one attached hydrogen (secondary N) is 1. The molecule has 0 aromatic heterocycles. The normalized spacial score (nSPS) is 26.5. The number of benzene rings is 2. The average molecular weight is 1230 g/mol. The van der Waals surface area contributed by atoms with E-state index in [1.807, 2.05) is 103 Å². The van der Waals surface area contributed by atoms with Gasteiger partial charge in [0.15, 0.2) is 17.9 Å². The number of fused-ring (bicyclic) bond motifs is 2. The monoisotopic (exact) mass is 1220 g/mol. The number of carbonyl (C=O) groups excluding carboxylic acids is 9. The number of amides is 6. The van der Waals surface area contributed by atoms with E-state index in [2.05, 4.69) is 27.9 Å². The number of halogens is 1. The third kappa shape index (κ3) is 17.2. The second-order valence-electron chi connectivity index (χ2n) is 24.5. The van der Waals surface area contributed by atoms with Gasteiger partial charge in [-0.3, -0.25) is 38.4 Å². The van der Waals surface area contributed by atoms with Crippen LogP contribution in [0.15, 0.2) is 54.6 Å². The minimum atomic E-state index is -1.94. The molecule has 4 rings (SSSR count). The van der Waals surface area contributed by atoms with Crippen LogP contribution >= 0.6 is 22.6 Å². The van der Waals surface area contributed by atoms with Crippen LogP contribution in [0.3, 0.4) is 0 Å². The smallest absolute Gasteiger partial charge is 0.332 e. The Bertz CT molecular complexity index is 2500. The molecule has 2 aliphatic heterocycles. The van der Waals surface area contributed by atoms with Gasteiger partial charge in [-0.05, 0) is 103 Å². The summed E-state index contributed by atoms with van der Waals surface area (Å²) in [7, 11) is 5.87. The fourth-order valence-corrected chi connectivity index (χ4v) is 12.3. The number of Topliss-reactive ketones (excluding diaryl/α,β-unsaturated/α-hetero) is 2. The molecule has 0 aliphatic carbocycles. The molecule has 17 nitrogen and oxygen atoms in total. The second kappa shape index (κ2) is 29.7. The van der Waals surface area contributed by atoms with E-state index in [-0.39, 0.29) is 74.5 Å². The number of hydrogen-bond acceptors (Lipinski definition) is 11. The lowest BCUT2D eigenvalue weighted by Crippen LogP contribution is -2.61. The van der Waals surface area contributed by atoms with Crippen LogP contribution in [0.2, 0.25) is 0 Å². The molecule has 0 spiro atoms. The molecule has 0 radical (unpaired) electrons. The van der Waals surface area contributed by atoms with Crippen molar-refractivity contribution in [2.45, 2.75) is 176 Å². The van der Waals surface area contributed by atoms with E-state index >= 15 is 9.59 Å². The van der Waals surface area contributed by atoms with Gasteiger partial charge in [0.25, 0.3) is 5.91 Å². The summed E-state index contributed by atoms with van der Waals surface area (Å²) in [6, 6.07) is 10.5. The van der Waals surface area contributed by atoms with Crippen molar-refractivity contribution in [1.29, 1.82) is 0 Å². The van der Waals surface area contributed by atoms with Crippen molar-refractivity contribution >= 4 is 75.6 Å². The first-order chi connectivity index (χ1) is 37.4. The number of carbonyl (C=O) groups is 9. The Morgan fingerprint density at radius 3 is 1.80 bits per heavy atom. The molecule has 18 heteroatoms. The van der Waals surface area contributed by atoms with Crippen LogP contribution < -0.4 is 5.32 Å². The van der Waals surface area contributed by atoms with Crippen molar-refractivity contribution in [3.8, 4) is 0 Å². The molecule has 444 valence electrons. The van der Waals surface area contributed by atoms with Crippen molar-refractivity contribution in [1.82, 2.24) is 29.8 Å². The zero-order chi connectivity index (χ0) is 60.2. The number of ketones is 2. The van der Waals surface area contributed by atoms with Crippen LogP contribution in [-0.4, -0.2) is 166 Å². The largest absolute Gasteiger partial charge is 0.450 e. The number of esters is 1. The van der Waals surface area contributed by atoms with Crippen LogP contribution in [0.25, 0.3) is 0 Å². The van der Waals surface area contributed by atoms with Crippen molar-refractivity contribution < 1.29 is 53.0 Å². The minimum absolute atomic E-state index is 0.0235. The van der Waals surface area contributed by atoms with E-state index < -0.39 is 113 Å². The van der Waals surface area contributed by atoms with Gasteiger partial charge in [0.1, 0.15) is 23.9 Å². The van der Waals surface area contributed by atoms with Gasteiger partial charge in [0.2, 0.25) is 29.5 Å². The van der Waals surface area contributed by atoms with E-state index in [0.717, 1.165) is 14.0 Å². The highest BCUT2D eigenvalue weighted by atomic mass is 127. The summed E-state index contributed by atoms with van der Waals surface area (Å²) in [5.74, 6) is -9.43. The summed E-state index contributed by atoms with van der Waals surface area (Å²) in [5, 5.41) is 14.7. The molecule has 2 N–H and O–H groups in total. The van der Waals surface area contributed by atoms with Crippen molar-refractivity contribution in [3.05, 3.63) is 69.3 Å². The molecule has 6 amide bonds. The molecule has 2 aliphatic rings. The molecule has 2 fully saturated rings. The maximum absolute atomic E-state index is 15.3. The fourth-order valence-electron chi connectivity index (χ4n) is 11.7. The summed E-state index contributed by atoms with van der Waals surface area (Å²) < 4.78 is 7.05. The number of likely N-dealkylation sites (N-methyl/N-ethyl adjacent to an activating group) is 4. The Morgan fingerprint density at radius 1 is 0.662 bits per heavy atom. The van der Waals surface area contributed by atoms with Gasteiger partial charge in [0, 0.05) is 94.2 Å². The van der Waals surface area contributed by atoms with Gasteiger partial charge in [-0.2, -0.15) is 0 Å². The Labute approximate surface area is 490 Å². The molecule has 2 heterocycles. The number of nitrogens with zero attached hydrogens (tertiary/aromatic N) is 5. The third-order valence-corrected chi connectivity index (χ3v) is 17.2. The van der Waals surface area contributed by atoms with E-state index in [9.17, 15) is 38.7 Å². The summed E-state index contributed by atoms with van der Waals surface area (Å²) in [6.45, 7) is 21.3. The third-order valence-electron chi connectivity index (χ3n) is 16.6. The first-order valence-corrected chi connectivity index (χ1v) is 29.9. The molecular formula is C62H93IN6O11. The number of cyclic esters (lactones) is 1. The van der Waals surface area contributed by atoms with Crippen LogP contribution in [0.4, 0.5) is 0 Å². The van der Waals surface area contributed by atoms with Crippen LogP contribution in [0, 0.1) is 50.9 Å². The highest BCUT2D eigenvalue weighted by Gasteiger charge is 2.47. The molecule has 0 saturated carbocycles. The minimum Gasteiger partial charge on any atom is -0.450 e. The zero-order valence-corrected chi connectivity index (χ0v) is 52.7. The first-order valence-electron chi connectivity index (χ1n) is 28.8. The highest BCUT2D eigenvalue weighted by Crippen LogP contribution is 2.32. The van der Waals surface area contributed by atoms with E-state index in [1.54, 1.807) is 32.7 Å². The Kier molecular flexibility index (Phi) is 24.9. The van der Waals surface area contributed by atoms with Crippen LogP contribution in [-0.2, 0) is 60.7 Å². The quantitative estimate of drug-likeness (QED) is 0.154. The Balaban J connectivity index is 1.94. The lowest BCUT2D eigenvalue weighted by atomic mass is 9.82. The molecule has 2 saturated heterocycles. The zero-order valence-electron chi connectivity index (χ0n) is 50.5. The van der Waals surface area contributed by atoms with Gasteiger partial charge < -0.3 is 39.7 Å². The van der Waals surface area contributed by atoms with E-state index in [4.69, 9.17) is 4.74 Å². The average Bonchev–Trinajstić information content (AvgIpc) is 3.89. The van der Waals surface area contributed by atoms with Gasteiger partial charge >= 0.3 is 5.97 Å². The predicted molar refractivity (Wildman–Crippen MR) is 316 cm³/mol. The Hall–Kier alpha value is -5.24. The number of rotatable bonds is 13. The van der Waals surface area contributed by atoms with Gasteiger partial charge in [-0.1, -0.05) is 118 Å². The van der Waals surface area contributed by atoms with Crippen LogP contribution in [0.5, 0.6) is 0 Å². The number of aliphatic hydroxyl groups is 1. The topological polar surface area (TPSA) is 211 Å². The van der Waals surface area contributed by atoms with E-state index in [0.29, 0.717) is 24.8 Å².